The van der Waals surface area contributed by atoms with E-state index in [0.29, 0.717) is 0 Å². The highest BCUT2D eigenvalue weighted by Gasteiger charge is 2.19. The van der Waals surface area contributed by atoms with E-state index in [1.54, 1.807) is 0 Å². The largest absolute Gasteiger partial charge is 0.314 e. The second kappa shape index (κ2) is 6.36. The van der Waals surface area contributed by atoms with Crippen LogP contribution in [0.3, 0.4) is 0 Å². The Morgan fingerprint density at radius 2 is 2.18 bits per heavy atom. The van der Waals surface area contributed by atoms with Gasteiger partial charge in [-0.25, -0.2) is 0 Å². The summed E-state index contributed by atoms with van der Waals surface area (Å²) < 4.78 is 1.21. The molecule has 1 fully saturated rings. The minimum absolute atomic E-state index is 0.826. The molecule has 0 atom stereocenters. The van der Waals surface area contributed by atoms with Crippen molar-refractivity contribution in [1.82, 2.24) is 5.32 Å². The van der Waals surface area contributed by atoms with E-state index in [9.17, 15) is 0 Å². The molecule has 0 unspecified atom stereocenters. The molecule has 0 saturated heterocycles. The zero-order valence-electron chi connectivity index (χ0n) is 10.4. The molecule has 0 aromatic heterocycles. The topological polar surface area (TPSA) is 12.0 Å². The number of halogens is 1. The monoisotopic (exact) mass is 293 g/mol. The van der Waals surface area contributed by atoms with Gasteiger partial charge in [-0.1, -0.05) is 45.8 Å². The Balaban J connectivity index is 1.76. The first-order valence-electron chi connectivity index (χ1n) is 6.38. The molecule has 1 N–H and O–H groups in total. The SMILES string of the molecule is CC(=CCCNC1CC1)Cc1ccccc1Br. The fourth-order valence-corrected chi connectivity index (χ4v) is 2.33. The quantitative estimate of drug-likeness (QED) is 0.616. The zero-order chi connectivity index (χ0) is 12.1. The van der Waals surface area contributed by atoms with Crippen molar-refractivity contribution < 1.29 is 0 Å². The molecule has 0 spiro atoms. The number of benzene rings is 1. The molecule has 2 rings (SSSR count). The molecule has 92 valence electrons. The van der Waals surface area contributed by atoms with Gasteiger partial charge in [-0.05, 0) is 50.8 Å². The van der Waals surface area contributed by atoms with Crippen LogP contribution in [0.15, 0.2) is 40.4 Å². The van der Waals surface area contributed by atoms with Crippen LogP contribution in [-0.2, 0) is 6.42 Å². The Kier molecular flexibility index (Phi) is 4.81. The Labute approximate surface area is 112 Å². The predicted octanol–water partition coefficient (Wildman–Crippen LogP) is 4.08. The van der Waals surface area contributed by atoms with Crippen molar-refractivity contribution in [3.8, 4) is 0 Å². The van der Waals surface area contributed by atoms with Gasteiger partial charge in [0.25, 0.3) is 0 Å². The third-order valence-electron chi connectivity index (χ3n) is 3.07. The predicted molar refractivity (Wildman–Crippen MR) is 77.2 cm³/mol. The molecule has 1 aliphatic carbocycles. The molecule has 0 amide bonds. The van der Waals surface area contributed by atoms with Gasteiger partial charge in [0.2, 0.25) is 0 Å². The Morgan fingerprint density at radius 3 is 2.88 bits per heavy atom. The molecule has 1 aliphatic rings. The van der Waals surface area contributed by atoms with Crippen LogP contribution in [0.2, 0.25) is 0 Å². The second-order valence-corrected chi connectivity index (χ2v) is 5.69. The first-order valence-corrected chi connectivity index (χ1v) is 7.17. The van der Waals surface area contributed by atoms with Crippen molar-refractivity contribution in [2.24, 2.45) is 0 Å². The lowest BCUT2D eigenvalue weighted by Crippen LogP contribution is -2.16. The number of nitrogens with one attached hydrogen (secondary N) is 1. The highest BCUT2D eigenvalue weighted by molar-refractivity contribution is 9.10. The summed E-state index contributed by atoms with van der Waals surface area (Å²) in [5, 5.41) is 3.53. The van der Waals surface area contributed by atoms with Crippen molar-refractivity contribution in [2.75, 3.05) is 6.54 Å². The van der Waals surface area contributed by atoms with E-state index in [-0.39, 0.29) is 0 Å². The van der Waals surface area contributed by atoms with Gasteiger partial charge in [0.1, 0.15) is 0 Å². The van der Waals surface area contributed by atoms with Gasteiger partial charge >= 0.3 is 0 Å². The molecule has 1 saturated carbocycles. The Hall–Kier alpha value is -0.600. The molecule has 2 heteroatoms. The van der Waals surface area contributed by atoms with E-state index in [1.165, 1.54) is 28.5 Å². The fraction of sp³-hybridized carbons (Fsp3) is 0.467. The lowest BCUT2D eigenvalue weighted by Gasteiger charge is -2.05. The Morgan fingerprint density at radius 1 is 1.41 bits per heavy atom. The summed E-state index contributed by atoms with van der Waals surface area (Å²) in [5.74, 6) is 0. The van der Waals surface area contributed by atoms with Crippen LogP contribution >= 0.6 is 15.9 Å². The second-order valence-electron chi connectivity index (χ2n) is 4.84. The van der Waals surface area contributed by atoms with Crippen LogP contribution < -0.4 is 5.32 Å². The number of allylic oxidation sites excluding steroid dienone is 1. The number of rotatable bonds is 6. The maximum Gasteiger partial charge on any atom is 0.0210 e. The van der Waals surface area contributed by atoms with E-state index in [2.05, 4.69) is 58.5 Å². The third-order valence-corrected chi connectivity index (χ3v) is 3.85. The molecule has 0 heterocycles. The van der Waals surface area contributed by atoms with Gasteiger partial charge in [0.15, 0.2) is 0 Å². The summed E-state index contributed by atoms with van der Waals surface area (Å²) in [5.41, 5.74) is 2.82. The fourth-order valence-electron chi connectivity index (χ4n) is 1.91. The van der Waals surface area contributed by atoms with E-state index < -0.39 is 0 Å². The van der Waals surface area contributed by atoms with Crippen molar-refractivity contribution in [3.05, 3.63) is 46.0 Å². The molecule has 17 heavy (non-hydrogen) atoms. The molecule has 1 aromatic carbocycles. The molecule has 0 bridgehead atoms. The van der Waals surface area contributed by atoms with Crippen LogP contribution in [0.25, 0.3) is 0 Å². The Bertz CT molecular complexity index is 394. The van der Waals surface area contributed by atoms with Gasteiger partial charge in [0.05, 0.1) is 0 Å². The van der Waals surface area contributed by atoms with Gasteiger partial charge in [-0.15, -0.1) is 0 Å². The molecule has 0 radical (unpaired) electrons. The van der Waals surface area contributed by atoms with Gasteiger partial charge in [-0.3, -0.25) is 0 Å². The van der Waals surface area contributed by atoms with Crippen LogP contribution in [0.5, 0.6) is 0 Å². The van der Waals surface area contributed by atoms with Crippen molar-refractivity contribution in [2.45, 2.75) is 38.6 Å². The van der Waals surface area contributed by atoms with Crippen molar-refractivity contribution >= 4 is 15.9 Å². The maximum atomic E-state index is 3.59. The average Bonchev–Trinajstić information content (AvgIpc) is 3.12. The van der Waals surface area contributed by atoms with E-state index in [0.717, 1.165) is 25.4 Å². The molecule has 0 aliphatic heterocycles. The first kappa shape index (κ1) is 12.8. The first-order chi connectivity index (χ1) is 8.25. The van der Waals surface area contributed by atoms with Gasteiger partial charge in [-0.2, -0.15) is 0 Å². The summed E-state index contributed by atoms with van der Waals surface area (Å²) in [7, 11) is 0. The minimum atomic E-state index is 0.826. The summed E-state index contributed by atoms with van der Waals surface area (Å²) in [4.78, 5) is 0. The summed E-state index contributed by atoms with van der Waals surface area (Å²) >= 11 is 3.59. The van der Waals surface area contributed by atoms with Gasteiger partial charge in [0, 0.05) is 10.5 Å². The third kappa shape index (κ3) is 4.64. The minimum Gasteiger partial charge on any atom is -0.314 e. The lowest BCUT2D eigenvalue weighted by atomic mass is 10.1. The van der Waals surface area contributed by atoms with Crippen molar-refractivity contribution in [1.29, 1.82) is 0 Å². The molecule has 1 nitrogen and oxygen atoms in total. The molecular formula is C15H20BrN. The lowest BCUT2D eigenvalue weighted by molar-refractivity contribution is 0.688. The van der Waals surface area contributed by atoms with Crippen molar-refractivity contribution in [3.63, 3.8) is 0 Å². The number of hydrogen-bond donors (Lipinski definition) is 1. The maximum absolute atomic E-state index is 3.59. The summed E-state index contributed by atoms with van der Waals surface area (Å²) in [6, 6.07) is 9.28. The number of hydrogen-bond acceptors (Lipinski definition) is 1. The summed E-state index contributed by atoms with van der Waals surface area (Å²) in [6.45, 7) is 3.34. The van der Waals surface area contributed by atoms with Crippen LogP contribution in [0.1, 0.15) is 31.7 Å². The highest BCUT2D eigenvalue weighted by atomic mass is 79.9. The smallest absolute Gasteiger partial charge is 0.0210 e. The summed E-state index contributed by atoms with van der Waals surface area (Å²) in [6.07, 6.45) is 7.30. The highest BCUT2D eigenvalue weighted by Crippen LogP contribution is 2.20. The average molecular weight is 294 g/mol. The molecular weight excluding hydrogens is 274 g/mol. The molecule has 1 aromatic rings. The van der Waals surface area contributed by atoms with E-state index in [1.807, 2.05) is 0 Å². The zero-order valence-corrected chi connectivity index (χ0v) is 12.0. The van der Waals surface area contributed by atoms with E-state index >= 15 is 0 Å². The van der Waals surface area contributed by atoms with Crippen LogP contribution in [-0.4, -0.2) is 12.6 Å². The van der Waals surface area contributed by atoms with Gasteiger partial charge < -0.3 is 5.32 Å². The van der Waals surface area contributed by atoms with Crippen LogP contribution in [0, 0.1) is 0 Å². The van der Waals surface area contributed by atoms with Crippen LogP contribution in [0.4, 0.5) is 0 Å². The standard InChI is InChI=1S/C15H20BrN/c1-12(5-4-10-17-14-8-9-14)11-13-6-2-3-7-15(13)16/h2-3,5-7,14,17H,4,8-11H2,1H3. The van der Waals surface area contributed by atoms with E-state index in [4.69, 9.17) is 0 Å². The normalized spacial score (nSPS) is 16.2.